The van der Waals surface area contributed by atoms with E-state index in [0.717, 1.165) is 18.9 Å². The molecule has 2 rings (SSSR count). The van der Waals surface area contributed by atoms with Crippen LogP contribution >= 0.6 is 0 Å². The van der Waals surface area contributed by atoms with E-state index in [1.54, 1.807) is 12.4 Å². The molecule has 1 unspecified atom stereocenters. The summed E-state index contributed by atoms with van der Waals surface area (Å²) < 4.78 is 5.35. The summed E-state index contributed by atoms with van der Waals surface area (Å²) in [6.45, 7) is 4.65. The summed E-state index contributed by atoms with van der Waals surface area (Å²) in [5.74, 6) is 1.46. The minimum absolute atomic E-state index is 0.567. The smallest absolute Gasteiger partial charge is 0.234 e. The van der Waals surface area contributed by atoms with Crippen LogP contribution in [0.25, 0.3) is 0 Å². The van der Waals surface area contributed by atoms with Crippen molar-refractivity contribution in [2.45, 2.75) is 25.8 Å². The van der Waals surface area contributed by atoms with Crippen LogP contribution in [-0.2, 0) is 0 Å². The Morgan fingerprint density at radius 2 is 2.41 bits per heavy atom. The highest BCUT2D eigenvalue weighted by atomic mass is 16.5. The van der Waals surface area contributed by atoms with Gasteiger partial charge < -0.3 is 15.0 Å². The Morgan fingerprint density at radius 1 is 1.53 bits per heavy atom. The maximum absolute atomic E-state index is 5.35. The van der Waals surface area contributed by atoms with Gasteiger partial charge in [0, 0.05) is 19.6 Å². The van der Waals surface area contributed by atoms with Gasteiger partial charge in [-0.1, -0.05) is 0 Å². The lowest BCUT2D eigenvalue weighted by Crippen LogP contribution is -2.35. The number of ether oxygens (including phenoxy) is 1. The Bertz CT molecular complexity index is 352. The van der Waals surface area contributed by atoms with Gasteiger partial charge >= 0.3 is 0 Å². The molecular weight excluding hydrogens is 216 g/mol. The van der Waals surface area contributed by atoms with E-state index in [-0.39, 0.29) is 0 Å². The van der Waals surface area contributed by atoms with Crippen LogP contribution in [0.4, 0.5) is 5.82 Å². The Labute approximate surface area is 102 Å². The number of nitrogens with one attached hydrogen (secondary N) is 1. The van der Waals surface area contributed by atoms with E-state index in [1.807, 2.05) is 14.0 Å². The molecular formula is C12H20N4O. The van der Waals surface area contributed by atoms with Gasteiger partial charge in [-0.25, -0.2) is 0 Å². The van der Waals surface area contributed by atoms with Crippen molar-refractivity contribution >= 4 is 5.82 Å². The summed E-state index contributed by atoms with van der Waals surface area (Å²) in [5.41, 5.74) is 0. The average molecular weight is 236 g/mol. The van der Waals surface area contributed by atoms with Gasteiger partial charge in [0.15, 0.2) is 5.82 Å². The Kier molecular flexibility index (Phi) is 4.14. The summed E-state index contributed by atoms with van der Waals surface area (Å²) in [6, 6.07) is 0.567. The fourth-order valence-electron chi connectivity index (χ4n) is 2.08. The van der Waals surface area contributed by atoms with Gasteiger partial charge in [0.25, 0.3) is 0 Å². The van der Waals surface area contributed by atoms with Crippen molar-refractivity contribution in [3.8, 4) is 5.88 Å². The van der Waals surface area contributed by atoms with E-state index >= 15 is 0 Å². The molecule has 2 heterocycles. The van der Waals surface area contributed by atoms with Crippen molar-refractivity contribution in [2.24, 2.45) is 0 Å². The molecule has 0 spiro atoms. The van der Waals surface area contributed by atoms with Crippen molar-refractivity contribution in [2.75, 3.05) is 31.6 Å². The SMILES string of the molecule is CCOc1cncc(N(C)CC2CCCN2)n1. The molecule has 1 N–H and O–H groups in total. The fourth-order valence-corrected chi connectivity index (χ4v) is 2.08. The molecule has 0 radical (unpaired) electrons. The molecule has 1 aliphatic rings. The van der Waals surface area contributed by atoms with Crippen molar-refractivity contribution < 1.29 is 4.74 Å². The lowest BCUT2D eigenvalue weighted by atomic mass is 10.2. The molecule has 5 nitrogen and oxygen atoms in total. The number of anilines is 1. The molecule has 1 fully saturated rings. The van der Waals surface area contributed by atoms with E-state index in [1.165, 1.54) is 12.8 Å². The lowest BCUT2D eigenvalue weighted by molar-refractivity contribution is 0.325. The first-order valence-corrected chi connectivity index (χ1v) is 6.19. The summed E-state index contributed by atoms with van der Waals surface area (Å²) in [6.07, 6.45) is 5.93. The largest absolute Gasteiger partial charge is 0.477 e. The highest BCUT2D eigenvalue weighted by molar-refractivity contribution is 5.36. The monoisotopic (exact) mass is 236 g/mol. The molecule has 0 bridgehead atoms. The molecule has 1 aromatic heterocycles. The quantitative estimate of drug-likeness (QED) is 0.828. The number of likely N-dealkylation sites (N-methyl/N-ethyl adjacent to an activating group) is 1. The van der Waals surface area contributed by atoms with Gasteiger partial charge in [0.1, 0.15) is 0 Å². The van der Waals surface area contributed by atoms with Crippen LogP contribution in [0, 0.1) is 0 Å². The van der Waals surface area contributed by atoms with Crippen molar-refractivity contribution in [1.82, 2.24) is 15.3 Å². The highest BCUT2D eigenvalue weighted by Gasteiger charge is 2.16. The number of nitrogens with zero attached hydrogens (tertiary/aromatic N) is 3. The predicted molar refractivity (Wildman–Crippen MR) is 67.5 cm³/mol. The predicted octanol–water partition coefficient (Wildman–Crippen LogP) is 1.06. The van der Waals surface area contributed by atoms with E-state index in [4.69, 9.17) is 4.74 Å². The number of hydrogen-bond donors (Lipinski definition) is 1. The Balaban J connectivity index is 1.97. The van der Waals surface area contributed by atoms with Gasteiger partial charge in [-0.05, 0) is 26.3 Å². The highest BCUT2D eigenvalue weighted by Crippen LogP contribution is 2.14. The Morgan fingerprint density at radius 3 is 3.12 bits per heavy atom. The second kappa shape index (κ2) is 5.82. The van der Waals surface area contributed by atoms with E-state index in [9.17, 15) is 0 Å². The minimum atomic E-state index is 0.567. The van der Waals surface area contributed by atoms with Crippen molar-refractivity contribution in [3.05, 3.63) is 12.4 Å². The maximum Gasteiger partial charge on any atom is 0.234 e. The van der Waals surface area contributed by atoms with E-state index < -0.39 is 0 Å². The van der Waals surface area contributed by atoms with Crippen LogP contribution in [0.5, 0.6) is 5.88 Å². The second-order valence-corrected chi connectivity index (χ2v) is 4.32. The van der Waals surface area contributed by atoms with Crippen LogP contribution in [0.15, 0.2) is 12.4 Å². The molecule has 0 saturated carbocycles. The molecule has 17 heavy (non-hydrogen) atoms. The van der Waals surface area contributed by atoms with Crippen molar-refractivity contribution in [1.29, 1.82) is 0 Å². The second-order valence-electron chi connectivity index (χ2n) is 4.32. The topological polar surface area (TPSA) is 50.3 Å². The third-order valence-electron chi connectivity index (χ3n) is 2.94. The maximum atomic E-state index is 5.35. The number of hydrogen-bond acceptors (Lipinski definition) is 5. The molecule has 5 heteroatoms. The molecule has 0 aliphatic carbocycles. The molecule has 0 aromatic carbocycles. The first kappa shape index (κ1) is 12.1. The zero-order valence-electron chi connectivity index (χ0n) is 10.5. The van der Waals surface area contributed by atoms with Crippen LogP contribution in [0.1, 0.15) is 19.8 Å². The van der Waals surface area contributed by atoms with Gasteiger partial charge in [-0.15, -0.1) is 0 Å². The fraction of sp³-hybridized carbons (Fsp3) is 0.667. The molecule has 1 atom stereocenters. The summed E-state index contributed by atoms with van der Waals surface area (Å²) in [4.78, 5) is 10.7. The van der Waals surface area contributed by atoms with Crippen LogP contribution in [-0.4, -0.2) is 42.8 Å². The normalized spacial score (nSPS) is 19.3. The third kappa shape index (κ3) is 3.30. The molecule has 1 saturated heterocycles. The van der Waals surface area contributed by atoms with E-state index in [2.05, 4.69) is 20.2 Å². The molecule has 94 valence electrons. The van der Waals surface area contributed by atoms with Crippen LogP contribution < -0.4 is 15.0 Å². The minimum Gasteiger partial charge on any atom is -0.477 e. The summed E-state index contributed by atoms with van der Waals surface area (Å²) in [7, 11) is 2.04. The van der Waals surface area contributed by atoms with Crippen LogP contribution in [0.3, 0.4) is 0 Å². The molecule has 0 amide bonds. The third-order valence-corrected chi connectivity index (χ3v) is 2.94. The number of aromatic nitrogens is 2. The van der Waals surface area contributed by atoms with E-state index in [0.29, 0.717) is 18.5 Å². The van der Waals surface area contributed by atoms with Gasteiger partial charge in [0.05, 0.1) is 19.0 Å². The van der Waals surface area contributed by atoms with Crippen LogP contribution in [0.2, 0.25) is 0 Å². The average Bonchev–Trinajstić information content (AvgIpc) is 2.83. The Hall–Kier alpha value is -1.36. The standard InChI is InChI=1S/C12H20N4O/c1-3-17-12-8-13-7-11(15-12)16(2)9-10-5-4-6-14-10/h7-8,10,14H,3-6,9H2,1-2H3. The first-order chi connectivity index (χ1) is 8.29. The molecule has 1 aromatic rings. The zero-order chi connectivity index (χ0) is 12.1. The number of rotatable bonds is 5. The van der Waals surface area contributed by atoms with Gasteiger partial charge in [-0.2, -0.15) is 4.98 Å². The lowest BCUT2D eigenvalue weighted by Gasteiger charge is -2.22. The summed E-state index contributed by atoms with van der Waals surface area (Å²) >= 11 is 0. The summed E-state index contributed by atoms with van der Waals surface area (Å²) in [5, 5.41) is 3.48. The van der Waals surface area contributed by atoms with Gasteiger partial charge in [0.2, 0.25) is 5.88 Å². The van der Waals surface area contributed by atoms with Gasteiger partial charge in [-0.3, -0.25) is 4.98 Å². The first-order valence-electron chi connectivity index (χ1n) is 6.19. The van der Waals surface area contributed by atoms with Crippen molar-refractivity contribution in [3.63, 3.8) is 0 Å². The zero-order valence-corrected chi connectivity index (χ0v) is 10.5. The molecule has 1 aliphatic heterocycles.